The summed E-state index contributed by atoms with van der Waals surface area (Å²) in [5, 5.41) is 0. The Labute approximate surface area is 106 Å². The number of hydrogen-bond donors (Lipinski definition) is 1. The van der Waals surface area contributed by atoms with Crippen LogP contribution >= 0.6 is 0 Å². The van der Waals surface area contributed by atoms with Crippen molar-refractivity contribution in [2.75, 3.05) is 6.54 Å². The van der Waals surface area contributed by atoms with Crippen molar-refractivity contribution >= 4 is 6.21 Å². The minimum atomic E-state index is 0.120. The fraction of sp³-hybridized carbons (Fsp3) is 0.786. The lowest BCUT2D eigenvalue weighted by atomic mass is 10.1. The number of hydrogen-bond acceptors (Lipinski definition) is 3. The summed E-state index contributed by atoms with van der Waals surface area (Å²) in [5.74, 6) is 0. The van der Waals surface area contributed by atoms with Gasteiger partial charge in [-0.15, -0.1) is 6.58 Å². The zero-order chi connectivity index (χ0) is 12.5. The highest BCUT2D eigenvalue weighted by atomic mass is 15.3. The maximum atomic E-state index is 5.91. The van der Waals surface area contributed by atoms with Crippen LogP contribution in [0.3, 0.4) is 0 Å². The summed E-state index contributed by atoms with van der Waals surface area (Å²) in [6, 6.07) is 0. The predicted octanol–water partition coefficient (Wildman–Crippen LogP) is 2.92. The third kappa shape index (κ3) is 5.46. The molecule has 1 heterocycles. The van der Waals surface area contributed by atoms with E-state index in [2.05, 4.69) is 16.5 Å². The predicted molar refractivity (Wildman–Crippen MR) is 75.2 cm³/mol. The van der Waals surface area contributed by atoms with Crippen LogP contribution in [0.15, 0.2) is 17.6 Å². The lowest BCUT2D eigenvalue weighted by Crippen LogP contribution is -2.43. The van der Waals surface area contributed by atoms with Crippen molar-refractivity contribution in [2.24, 2.45) is 10.7 Å². The molecule has 2 N–H and O–H groups in total. The molecule has 0 amide bonds. The summed E-state index contributed by atoms with van der Waals surface area (Å²) in [6.45, 7) is 6.70. The van der Waals surface area contributed by atoms with Gasteiger partial charge in [0.25, 0.3) is 0 Å². The summed E-state index contributed by atoms with van der Waals surface area (Å²) in [6.07, 6.45) is 13.3. The first kappa shape index (κ1) is 14.4. The molecule has 0 aliphatic carbocycles. The van der Waals surface area contributed by atoms with E-state index in [-0.39, 0.29) is 6.17 Å². The van der Waals surface area contributed by atoms with Gasteiger partial charge in [0.15, 0.2) is 0 Å². The average molecular weight is 237 g/mol. The molecule has 1 aliphatic rings. The maximum absolute atomic E-state index is 5.91. The standard InChI is InChI=1S/C14H27N3/c1-3-4-5-6-7-8-9-10-14-16-11-12-17(14)13(2)15/h3,11,13-14H,1,4-10,12,15H2,2H3. The fourth-order valence-corrected chi connectivity index (χ4v) is 2.29. The molecule has 0 aromatic heterocycles. The molecule has 0 spiro atoms. The van der Waals surface area contributed by atoms with E-state index < -0.39 is 0 Å². The van der Waals surface area contributed by atoms with E-state index in [0.717, 1.165) is 19.4 Å². The van der Waals surface area contributed by atoms with Gasteiger partial charge in [-0.1, -0.05) is 25.3 Å². The molecule has 98 valence electrons. The monoisotopic (exact) mass is 237 g/mol. The Balaban J connectivity index is 2.02. The van der Waals surface area contributed by atoms with Gasteiger partial charge in [-0.05, 0) is 32.6 Å². The van der Waals surface area contributed by atoms with Crippen molar-refractivity contribution in [3.8, 4) is 0 Å². The molecule has 2 atom stereocenters. The summed E-state index contributed by atoms with van der Waals surface area (Å²) in [7, 11) is 0. The van der Waals surface area contributed by atoms with Gasteiger partial charge in [-0.3, -0.25) is 9.89 Å². The number of rotatable bonds is 9. The first-order valence-corrected chi connectivity index (χ1v) is 6.89. The summed E-state index contributed by atoms with van der Waals surface area (Å²) in [5.41, 5.74) is 5.91. The highest BCUT2D eigenvalue weighted by Gasteiger charge is 2.22. The molecular weight excluding hydrogens is 210 g/mol. The maximum Gasteiger partial charge on any atom is 0.103 e. The third-order valence-electron chi connectivity index (χ3n) is 3.35. The summed E-state index contributed by atoms with van der Waals surface area (Å²) < 4.78 is 0. The van der Waals surface area contributed by atoms with Crippen molar-refractivity contribution in [3.05, 3.63) is 12.7 Å². The van der Waals surface area contributed by atoms with E-state index in [9.17, 15) is 0 Å². The molecule has 0 radical (unpaired) electrons. The second kappa shape index (κ2) is 8.43. The van der Waals surface area contributed by atoms with Gasteiger partial charge in [0, 0.05) is 12.8 Å². The van der Waals surface area contributed by atoms with Crippen molar-refractivity contribution in [3.63, 3.8) is 0 Å². The quantitative estimate of drug-likeness (QED) is 0.495. The molecule has 0 fully saturated rings. The first-order valence-electron chi connectivity index (χ1n) is 6.89. The topological polar surface area (TPSA) is 41.6 Å². The Morgan fingerprint density at radius 3 is 2.82 bits per heavy atom. The Bertz CT molecular complexity index is 236. The minimum absolute atomic E-state index is 0.120. The van der Waals surface area contributed by atoms with E-state index in [1.165, 1.54) is 32.1 Å². The molecule has 2 unspecified atom stereocenters. The Morgan fingerprint density at radius 1 is 1.41 bits per heavy atom. The Kier molecular flexibility index (Phi) is 7.13. The molecule has 0 aromatic rings. The van der Waals surface area contributed by atoms with Crippen LogP contribution in [0, 0.1) is 0 Å². The smallest absolute Gasteiger partial charge is 0.103 e. The zero-order valence-electron chi connectivity index (χ0n) is 11.1. The second-order valence-corrected chi connectivity index (χ2v) is 4.88. The number of unbranched alkanes of at least 4 members (excludes halogenated alkanes) is 5. The molecule has 0 saturated carbocycles. The SMILES string of the molecule is C=CCCCCCCCC1N=CCN1C(C)N. The Morgan fingerprint density at radius 2 is 2.12 bits per heavy atom. The van der Waals surface area contributed by atoms with Gasteiger partial charge in [0.05, 0.1) is 6.17 Å². The van der Waals surface area contributed by atoms with Crippen LogP contribution in [-0.2, 0) is 0 Å². The van der Waals surface area contributed by atoms with Crippen LogP contribution in [0.2, 0.25) is 0 Å². The van der Waals surface area contributed by atoms with Crippen molar-refractivity contribution < 1.29 is 0 Å². The number of allylic oxidation sites excluding steroid dienone is 1. The molecule has 1 rings (SSSR count). The zero-order valence-corrected chi connectivity index (χ0v) is 11.1. The van der Waals surface area contributed by atoms with Crippen LogP contribution in [0.1, 0.15) is 51.9 Å². The van der Waals surface area contributed by atoms with E-state index >= 15 is 0 Å². The minimum Gasteiger partial charge on any atom is -0.316 e. The van der Waals surface area contributed by atoms with Crippen LogP contribution in [0.5, 0.6) is 0 Å². The number of nitrogens with zero attached hydrogens (tertiary/aromatic N) is 2. The fourth-order valence-electron chi connectivity index (χ4n) is 2.29. The largest absolute Gasteiger partial charge is 0.316 e. The highest BCUT2D eigenvalue weighted by molar-refractivity contribution is 5.62. The van der Waals surface area contributed by atoms with E-state index in [0.29, 0.717) is 6.17 Å². The van der Waals surface area contributed by atoms with Gasteiger partial charge >= 0.3 is 0 Å². The molecule has 0 saturated heterocycles. The van der Waals surface area contributed by atoms with Crippen molar-refractivity contribution in [2.45, 2.75) is 64.2 Å². The lowest BCUT2D eigenvalue weighted by molar-refractivity contribution is 0.182. The molecule has 1 aliphatic heterocycles. The molecule has 3 heteroatoms. The van der Waals surface area contributed by atoms with E-state index in [1.54, 1.807) is 0 Å². The van der Waals surface area contributed by atoms with Gasteiger partial charge in [-0.2, -0.15) is 0 Å². The first-order chi connectivity index (χ1) is 8.25. The van der Waals surface area contributed by atoms with Crippen LogP contribution in [-0.4, -0.2) is 30.0 Å². The number of nitrogens with two attached hydrogens (primary N) is 1. The van der Waals surface area contributed by atoms with E-state index in [1.807, 2.05) is 19.2 Å². The molecule has 0 bridgehead atoms. The van der Waals surface area contributed by atoms with Crippen LogP contribution in [0.25, 0.3) is 0 Å². The van der Waals surface area contributed by atoms with Gasteiger partial charge in [-0.25, -0.2) is 0 Å². The Hall–Kier alpha value is -0.670. The van der Waals surface area contributed by atoms with Crippen LogP contribution in [0.4, 0.5) is 0 Å². The number of aliphatic imine (C=N–C) groups is 1. The van der Waals surface area contributed by atoms with Gasteiger partial charge < -0.3 is 5.73 Å². The normalized spacial score (nSPS) is 21.9. The van der Waals surface area contributed by atoms with E-state index in [4.69, 9.17) is 5.73 Å². The van der Waals surface area contributed by atoms with Crippen molar-refractivity contribution in [1.29, 1.82) is 0 Å². The molecule has 17 heavy (non-hydrogen) atoms. The summed E-state index contributed by atoms with van der Waals surface area (Å²) in [4.78, 5) is 6.75. The lowest BCUT2D eigenvalue weighted by Gasteiger charge is -2.26. The summed E-state index contributed by atoms with van der Waals surface area (Å²) >= 11 is 0. The van der Waals surface area contributed by atoms with Crippen LogP contribution < -0.4 is 5.73 Å². The highest BCUT2D eigenvalue weighted by Crippen LogP contribution is 2.16. The van der Waals surface area contributed by atoms with Gasteiger partial charge in [0.1, 0.15) is 6.17 Å². The van der Waals surface area contributed by atoms with Crippen molar-refractivity contribution in [1.82, 2.24) is 4.90 Å². The molecule has 3 nitrogen and oxygen atoms in total. The van der Waals surface area contributed by atoms with Gasteiger partial charge in [0.2, 0.25) is 0 Å². The molecular formula is C14H27N3. The molecule has 0 aromatic carbocycles. The third-order valence-corrected chi connectivity index (χ3v) is 3.35. The second-order valence-electron chi connectivity index (χ2n) is 4.88. The average Bonchev–Trinajstić information content (AvgIpc) is 2.76.